The van der Waals surface area contributed by atoms with Crippen molar-refractivity contribution in [2.75, 3.05) is 18.6 Å². The zero-order valence-corrected chi connectivity index (χ0v) is 10.6. The quantitative estimate of drug-likeness (QED) is 0.452. The fourth-order valence-corrected chi connectivity index (χ4v) is 1.57. The second-order valence-corrected chi connectivity index (χ2v) is 3.91. The molecule has 19 heavy (non-hydrogen) atoms. The third kappa shape index (κ3) is 4.57. The van der Waals surface area contributed by atoms with Crippen LogP contribution >= 0.6 is 0 Å². The Morgan fingerprint density at radius 1 is 1.11 bits per heavy atom. The highest BCUT2D eigenvalue weighted by Gasteiger charge is 1.97. The van der Waals surface area contributed by atoms with Gasteiger partial charge in [0.2, 0.25) is 0 Å². The normalized spacial score (nSPS) is 10.2. The molecular weight excluding hydrogens is 242 g/mol. The number of ether oxygens (including phenoxy) is 2. The number of hydrogen-bond acceptors (Lipinski definition) is 5. The Morgan fingerprint density at radius 2 is 1.95 bits per heavy atom. The first-order valence-corrected chi connectivity index (χ1v) is 6.05. The van der Waals surface area contributed by atoms with Crippen LogP contribution in [0.4, 0.5) is 5.82 Å². The zero-order valence-electron chi connectivity index (χ0n) is 10.6. The van der Waals surface area contributed by atoms with Crippen LogP contribution in [0.3, 0.4) is 0 Å². The van der Waals surface area contributed by atoms with Crippen LogP contribution in [0.25, 0.3) is 0 Å². The lowest BCUT2D eigenvalue weighted by Crippen LogP contribution is -2.09. The van der Waals surface area contributed by atoms with E-state index in [-0.39, 0.29) is 0 Å². The number of nitrogens with one attached hydrogen (secondary N) is 1. The van der Waals surface area contributed by atoms with Crippen molar-refractivity contribution >= 4 is 5.82 Å². The molecule has 0 aliphatic rings. The summed E-state index contributed by atoms with van der Waals surface area (Å²) in [7, 11) is 0. The van der Waals surface area contributed by atoms with Crippen LogP contribution in [0.5, 0.6) is 5.75 Å². The van der Waals surface area contributed by atoms with E-state index in [0.717, 1.165) is 11.3 Å². The maximum absolute atomic E-state index is 5.52. The number of hydrogen-bond donors (Lipinski definition) is 2. The molecule has 1 heterocycles. The summed E-state index contributed by atoms with van der Waals surface area (Å²) >= 11 is 0. The van der Waals surface area contributed by atoms with Gasteiger partial charge in [-0.2, -0.15) is 0 Å². The Bertz CT molecular complexity index is 491. The second kappa shape index (κ2) is 7.35. The van der Waals surface area contributed by atoms with Crippen LogP contribution in [-0.4, -0.2) is 18.2 Å². The summed E-state index contributed by atoms with van der Waals surface area (Å²) in [6.07, 6.45) is 1.69. The number of pyridine rings is 1. The van der Waals surface area contributed by atoms with Crippen LogP contribution < -0.4 is 16.0 Å². The molecule has 5 nitrogen and oxygen atoms in total. The topological polar surface area (TPSA) is 69.4 Å². The summed E-state index contributed by atoms with van der Waals surface area (Å²) in [6, 6.07) is 13.4. The van der Waals surface area contributed by atoms with Crippen molar-refractivity contribution in [3.05, 3.63) is 54.2 Å². The molecule has 0 aliphatic carbocycles. The number of benzene rings is 1. The predicted molar refractivity (Wildman–Crippen MR) is 73.6 cm³/mol. The van der Waals surface area contributed by atoms with Gasteiger partial charge < -0.3 is 14.9 Å². The molecule has 0 aliphatic heterocycles. The molecular formula is C14H17N3O2. The third-order valence-corrected chi connectivity index (χ3v) is 2.48. The van der Waals surface area contributed by atoms with Gasteiger partial charge in [-0.3, -0.25) is 0 Å². The highest BCUT2D eigenvalue weighted by atomic mass is 16.5. The van der Waals surface area contributed by atoms with E-state index in [2.05, 4.69) is 10.4 Å². The number of para-hydroxylation sites is 1. The minimum atomic E-state index is 0.509. The fourth-order valence-electron chi connectivity index (χ4n) is 1.57. The summed E-state index contributed by atoms with van der Waals surface area (Å²) in [5.41, 5.74) is 3.52. The lowest BCUT2D eigenvalue weighted by Gasteiger charge is -2.07. The average Bonchev–Trinajstić information content (AvgIpc) is 2.48. The number of rotatable bonds is 7. The van der Waals surface area contributed by atoms with E-state index in [0.29, 0.717) is 25.6 Å². The summed E-state index contributed by atoms with van der Waals surface area (Å²) < 4.78 is 11.0. The highest BCUT2D eigenvalue weighted by Crippen LogP contribution is 2.09. The molecule has 0 radical (unpaired) electrons. The van der Waals surface area contributed by atoms with Gasteiger partial charge in [0, 0.05) is 6.20 Å². The van der Waals surface area contributed by atoms with Crippen LogP contribution in [-0.2, 0) is 11.3 Å². The second-order valence-electron chi connectivity index (χ2n) is 3.91. The first kappa shape index (κ1) is 13.3. The van der Waals surface area contributed by atoms with Crippen LogP contribution in [0, 0.1) is 0 Å². The first-order valence-electron chi connectivity index (χ1n) is 6.05. The lowest BCUT2D eigenvalue weighted by atomic mass is 10.3. The molecule has 1 aromatic carbocycles. The van der Waals surface area contributed by atoms with E-state index in [1.54, 1.807) is 6.20 Å². The van der Waals surface area contributed by atoms with Crippen molar-refractivity contribution in [3.8, 4) is 5.75 Å². The predicted octanol–water partition coefficient (Wildman–Crippen LogP) is 1.96. The standard InChI is InChI=1S/C14H17N3O2/c15-17-14-10-12(6-7-16-14)11-18-8-9-19-13-4-2-1-3-5-13/h1-7,10H,8-9,11,15H2,(H,16,17). The van der Waals surface area contributed by atoms with Crippen molar-refractivity contribution in [3.63, 3.8) is 0 Å². The molecule has 100 valence electrons. The summed E-state index contributed by atoms with van der Waals surface area (Å²) in [4.78, 5) is 4.03. The van der Waals surface area contributed by atoms with Gasteiger partial charge in [0.05, 0.1) is 13.2 Å². The van der Waals surface area contributed by atoms with Gasteiger partial charge in [-0.25, -0.2) is 10.8 Å². The van der Waals surface area contributed by atoms with E-state index in [1.807, 2.05) is 42.5 Å². The van der Waals surface area contributed by atoms with Gasteiger partial charge >= 0.3 is 0 Å². The van der Waals surface area contributed by atoms with E-state index < -0.39 is 0 Å². The Morgan fingerprint density at radius 3 is 2.74 bits per heavy atom. The molecule has 0 amide bonds. The Balaban J connectivity index is 1.66. The Hall–Kier alpha value is -2.11. The average molecular weight is 259 g/mol. The molecule has 0 saturated carbocycles. The number of anilines is 1. The molecule has 3 N–H and O–H groups in total. The molecule has 0 spiro atoms. The highest BCUT2D eigenvalue weighted by molar-refractivity contribution is 5.35. The van der Waals surface area contributed by atoms with Gasteiger partial charge in [0.25, 0.3) is 0 Å². The summed E-state index contributed by atoms with van der Waals surface area (Å²) in [6.45, 7) is 1.56. The van der Waals surface area contributed by atoms with Crippen molar-refractivity contribution in [2.45, 2.75) is 6.61 Å². The van der Waals surface area contributed by atoms with E-state index in [4.69, 9.17) is 15.3 Å². The largest absolute Gasteiger partial charge is 0.491 e. The molecule has 0 atom stereocenters. The molecule has 2 rings (SSSR count). The van der Waals surface area contributed by atoms with E-state index in [1.165, 1.54) is 0 Å². The smallest absolute Gasteiger partial charge is 0.140 e. The Kier molecular flexibility index (Phi) is 5.16. The molecule has 1 aromatic heterocycles. The molecule has 0 unspecified atom stereocenters. The zero-order chi connectivity index (χ0) is 13.3. The maximum atomic E-state index is 5.52. The summed E-state index contributed by atoms with van der Waals surface area (Å²) in [5.74, 6) is 6.76. The van der Waals surface area contributed by atoms with E-state index in [9.17, 15) is 0 Å². The first-order chi connectivity index (χ1) is 9.38. The number of hydrazine groups is 1. The molecule has 0 fully saturated rings. The Labute approximate surface area is 112 Å². The monoisotopic (exact) mass is 259 g/mol. The minimum absolute atomic E-state index is 0.509. The van der Waals surface area contributed by atoms with Gasteiger partial charge in [-0.15, -0.1) is 0 Å². The molecule has 2 aromatic rings. The lowest BCUT2D eigenvalue weighted by molar-refractivity contribution is 0.0889. The summed E-state index contributed by atoms with van der Waals surface area (Å²) in [5, 5.41) is 0. The number of aromatic nitrogens is 1. The molecule has 0 bridgehead atoms. The molecule has 5 heteroatoms. The number of nitrogen functional groups attached to an aromatic ring is 1. The number of nitrogens with zero attached hydrogens (tertiary/aromatic N) is 1. The van der Waals surface area contributed by atoms with Crippen molar-refractivity contribution in [1.82, 2.24) is 4.98 Å². The number of nitrogens with two attached hydrogens (primary N) is 1. The van der Waals surface area contributed by atoms with Gasteiger partial charge in [-0.1, -0.05) is 18.2 Å². The van der Waals surface area contributed by atoms with E-state index >= 15 is 0 Å². The third-order valence-electron chi connectivity index (χ3n) is 2.48. The SMILES string of the molecule is NNc1cc(COCCOc2ccccc2)ccn1. The van der Waals surface area contributed by atoms with Crippen LogP contribution in [0.2, 0.25) is 0 Å². The maximum Gasteiger partial charge on any atom is 0.140 e. The fraction of sp³-hybridized carbons (Fsp3) is 0.214. The van der Waals surface area contributed by atoms with Crippen molar-refractivity contribution in [2.24, 2.45) is 5.84 Å². The van der Waals surface area contributed by atoms with Crippen molar-refractivity contribution in [1.29, 1.82) is 0 Å². The van der Waals surface area contributed by atoms with Crippen LogP contribution in [0.15, 0.2) is 48.7 Å². The minimum Gasteiger partial charge on any atom is -0.491 e. The van der Waals surface area contributed by atoms with Gasteiger partial charge in [0.1, 0.15) is 18.2 Å². The van der Waals surface area contributed by atoms with Crippen molar-refractivity contribution < 1.29 is 9.47 Å². The van der Waals surface area contributed by atoms with Gasteiger partial charge in [-0.05, 0) is 29.8 Å². The van der Waals surface area contributed by atoms with Crippen LogP contribution in [0.1, 0.15) is 5.56 Å². The van der Waals surface area contributed by atoms with Gasteiger partial charge in [0.15, 0.2) is 0 Å². The molecule has 0 saturated heterocycles.